The van der Waals surface area contributed by atoms with Crippen LogP contribution >= 0.6 is 11.3 Å². The summed E-state index contributed by atoms with van der Waals surface area (Å²) >= 11 is 1.68. The first-order valence-corrected chi connectivity index (χ1v) is 12.0. The van der Waals surface area contributed by atoms with E-state index in [9.17, 15) is 9.90 Å². The highest BCUT2D eigenvalue weighted by atomic mass is 32.1. The van der Waals surface area contributed by atoms with Gasteiger partial charge in [0.15, 0.2) is 0 Å². The van der Waals surface area contributed by atoms with Crippen molar-refractivity contribution in [1.82, 2.24) is 14.9 Å². The number of aromatic amines is 1. The van der Waals surface area contributed by atoms with E-state index in [0.717, 1.165) is 42.4 Å². The molecule has 0 aliphatic heterocycles. The molecule has 3 rings (SSSR count). The van der Waals surface area contributed by atoms with Crippen molar-refractivity contribution in [2.75, 3.05) is 19.7 Å². The molecule has 0 unspecified atom stereocenters. The molecule has 2 N–H and O–H groups in total. The molecule has 1 aliphatic rings. The van der Waals surface area contributed by atoms with Gasteiger partial charge in [-0.25, -0.2) is 4.98 Å². The van der Waals surface area contributed by atoms with Gasteiger partial charge in [-0.2, -0.15) is 0 Å². The fourth-order valence-electron chi connectivity index (χ4n) is 3.87. The highest BCUT2D eigenvalue weighted by Gasteiger charge is 2.21. The van der Waals surface area contributed by atoms with Gasteiger partial charge in [0.05, 0.1) is 30.2 Å². The monoisotopic (exact) mass is 435 g/mol. The second-order valence-corrected chi connectivity index (χ2v) is 11.0. The van der Waals surface area contributed by atoms with E-state index < -0.39 is 6.10 Å². The van der Waals surface area contributed by atoms with Gasteiger partial charge < -0.3 is 14.8 Å². The number of rotatable bonds is 9. The molecule has 30 heavy (non-hydrogen) atoms. The molecule has 0 amide bonds. The maximum Gasteiger partial charge on any atom is 0.259 e. The fourth-order valence-corrected chi connectivity index (χ4v) is 5.15. The van der Waals surface area contributed by atoms with E-state index in [0.29, 0.717) is 31.4 Å². The molecule has 2 aromatic heterocycles. The molecular weight excluding hydrogens is 398 g/mol. The van der Waals surface area contributed by atoms with E-state index in [4.69, 9.17) is 9.72 Å². The topological polar surface area (TPSA) is 78.5 Å². The van der Waals surface area contributed by atoms with Gasteiger partial charge in [-0.1, -0.05) is 13.8 Å². The van der Waals surface area contributed by atoms with Crippen molar-refractivity contribution >= 4 is 21.6 Å². The first-order chi connectivity index (χ1) is 14.1. The van der Waals surface area contributed by atoms with Crippen molar-refractivity contribution in [1.29, 1.82) is 0 Å². The van der Waals surface area contributed by atoms with E-state index >= 15 is 0 Å². The van der Waals surface area contributed by atoms with Crippen LogP contribution in [0, 0.1) is 5.92 Å². The number of nitrogens with zero attached hydrogens (tertiary/aromatic N) is 2. The number of aliphatic hydroxyl groups is 1. The zero-order valence-electron chi connectivity index (χ0n) is 19.1. The Kier molecular flexibility index (Phi) is 7.71. The van der Waals surface area contributed by atoms with Crippen LogP contribution in [0.1, 0.15) is 70.1 Å². The smallest absolute Gasteiger partial charge is 0.259 e. The number of nitrogens with one attached hydrogen (secondary N) is 1. The average Bonchev–Trinajstić information content (AvgIpc) is 3.02. The van der Waals surface area contributed by atoms with E-state index in [-0.39, 0.29) is 11.2 Å². The quantitative estimate of drug-likeness (QED) is 0.625. The second-order valence-electron chi connectivity index (χ2n) is 9.90. The summed E-state index contributed by atoms with van der Waals surface area (Å²) in [5, 5.41) is 11.3. The molecule has 2 aromatic rings. The Balaban J connectivity index is 1.75. The van der Waals surface area contributed by atoms with Gasteiger partial charge in [0, 0.05) is 11.4 Å². The number of aromatic nitrogens is 2. The summed E-state index contributed by atoms with van der Waals surface area (Å²) < 4.78 is 5.74. The van der Waals surface area contributed by atoms with Crippen molar-refractivity contribution in [2.24, 2.45) is 5.92 Å². The van der Waals surface area contributed by atoms with Crippen LogP contribution < -0.4 is 5.56 Å². The molecule has 0 aromatic carbocycles. The van der Waals surface area contributed by atoms with E-state index in [2.05, 4.69) is 23.7 Å². The molecule has 6 nitrogen and oxygen atoms in total. The molecule has 1 aliphatic carbocycles. The van der Waals surface area contributed by atoms with Crippen LogP contribution in [0.2, 0.25) is 0 Å². The van der Waals surface area contributed by atoms with Gasteiger partial charge in [0.25, 0.3) is 5.56 Å². The Hall–Kier alpha value is -1.28. The summed E-state index contributed by atoms with van der Waals surface area (Å²) in [4.78, 5) is 25.0. The Morgan fingerprint density at radius 2 is 2.00 bits per heavy atom. The molecule has 7 heteroatoms. The van der Waals surface area contributed by atoms with Gasteiger partial charge in [0.1, 0.15) is 10.7 Å². The molecule has 0 saturated carbocycles. The van der Waals surface area contributed by atoms with Crippen LogP contribution in [0.15, 0.2) is 4.79 Å². The van der Waals surface area contributed by atoms with Crippen LogP contribution in [0.4, 0.5) is 0 Å². The lowest BCUT2D eigenvalue weighted by atomic mass is 9.97. The number of fused-ring (bicyclic) bond motifs is 3. The predicted octanol–water partition coefficient (Wildman–Crippen LogP) is 3.89. The first-order valence-electron chi connectivity index (χ1n) is 11.2. The predicted molar refractivity (Wildman–Crippen MR) is 123 cm³/mol. The van der Waals surface area contributed by atoms with Crippen LogP contribution in [0.3, 0.4) is 0 Å². The van der Waals surface area contributed by atoms with Gasteiger partial charge >= 0.3 is 0 Å². The summed E-state index contributed by atoms with van der Waals surface area (Å²) in [6.45, 7) is 12.5. The number of aliphatic hydroxyl groups excluding tert-OH is 1. The average molecular weight is 436 g/mol. The number of hydrogen-bond acceptors (Lipinski definition) is 6. The van der Waals surface area contributed by atoms with Crippen LogP contribution in [0.25, 0.3) is 10.2 Å². The van der Waals surface area contributed by atoms with Crippen LogP contribution in [0.5, 0.6) is 0 Å². The lowest BCUT2D eigenvalue weighted by molar-refractivity contribution is -0.0570. The Morgan fingerprint density at radius 3 is 2.70 bits per heavy atom. The molecule has 0 radical (unpaired) electrons. The summed E-state index contributed by atoms with van der Waals surface area (Å²) in [5.41, 5.74) is 0.919. The highest BCUT2D eigenvalue weighted by Crippen LogP contribution is 2.33. The van der Waals surface area contributed by atoms with Gasteiger partial charge in [-0.15, -0.1) is 11.3 Å². The lowest BCUT2D eigenvalue weighted by Crippen LogP contribution is -2.38. The summed E-state index contributed by atoms with van der Waals surface area (Å²) in [7, 11) is 0. The summed E-state index contributed by atoms with van der Waals surface area (Å²) in [6, 6.07) is 0. The third-order valence-electron chi connectivity index (χ3n) is 5.45. The lowest BCUT2D eigenvalue weighted by Gasteiger charge is -2.27. The van der Waals surface area contributed by atoms with Crippen molar-refractivity contribution < 1.29 is 9.84 Å². The molecule has 1 atom stereocenters. The number of aryl methyl sites for hydroxylation is 2. The minimum Gasteiger partial charge on any atom is -0.389 e. The van der Waals surface area contributed by atoms with Crippen molar-refractivity contribution in [3.05, 3.63) is 26.6 Å². The van der Waals surface area contributed by atoms with Crippen molar-refractivity contribution in [2.45, 2.75) is 85.0 Å². The highest BCUT2D eigenvalue weighted by molar-refractivity contribution is 7.18. The maximum absolute atomic E-state index is 12.8. The number of ether oxygens (including phenoxy) is 1. The Morgan fingerprint density at radius 1 is 1.27 bits per heavy atom. The van der Waals surface area contributed by atoms with E-state index in [1.54, 1.807) is 11.3 Å². The first kappa shape index (κ1) is 23.4. The maximum atomic E-state index is 12.8. The molecule has 0 saturated heterocycles. The fraction of sp³-hybridized carbons (Fsp3) is 0.739. The minimum absolute atomic E-state index is 0.0187. The number of thiophene rings is 1. The largest absolute Gasteiger partial charge is 0.389 e. The standard InChI is InChI=1S/C23H37N3O3S/c1-15(2)10-11-26(12-16(27)14-29-23(3,4)5)13-19-24-21(28)20-17-8-6-7-9-18(17)30-22(20)25-19/h15-16,27H,6-14H2,1-5H3,(H,24,25,28)/t16-/m0/s1. The number of hydrogen-bond donors (Lipinski definition) is 2. The third kappa shape index (κ3) is 6.36. The SMILES string of the molecule is CC(C)CCN(Cc1nc2sc3c(c2c(=O)[nH]1)CCCC3)C[C@H](O)COC(C)(C)C. The Labute approximate surface area is 183 Å². The molecule has 0 fully saturated rings. The normalized spacial score (nSPS) is 15.9. The van der Waals surface area contributed by atoms with Crippen molar-refractivity contribution in [3.8, 4) is 0 Å². The van der Waals surface area contributed by atoms with Crippen LogP contribution in [-0.4, -0.2) is 51.4 Å². The second kappa shape index (κ2) is 9.90. The molecule has 2 heterocycles. The van der Waals surface area contributed by atoms with Crippen molar-refractivity contribution in [3.63, 3.8) is 0 Å². The zero-order valence-corrected chi connectivity index (χ0v) is 19.9. The van der Waals surface area contributed by atoms with E-state index in [1.165, 1.54) is 16.9 Å². The van der Waals surface area contributed by atoms with E-state index in [1.807, 2.05) is 20.8 Å². The third-order valence-corrected chi connectivity index (χ3v) is 6.63. The van der Waals surface area contributed by atoms with Crippen LogP contribution in [-0.2, 0) is 24.1 Å². The Bertz CT molecular complexity index is 897. The summed E-state index contributed by atoms with van der Waals surface area (Å²) in [6.07, 6.45) is 4.83. The summed E-state index contributed by atoms with van der Waals surface area (Å²) in [5.74, 6) is 1.24. The van der Waals surface area contributed by atoms with Gasteiger partial charge in [0.2, 0.25) is 0 Å². The molecule has 168 valence electrons. The molecule has 0 bridgehead atoms. The zero-order chi connectivity index (χ0) is 21.9. The number of H-pyrrole nitrogens is 1. The molecular formula is C23H37N3O3S. The van der Waals surface area contributed by atoms with Gasteiger partial charge in [-0.3, -0.25) is 9.69 Å². The molecule has 0 spiro atoms. The minimum atomic E-state index is -0.583. The van der Waals surface area contributed by atoms with Gasteiger partial charge in [-0.05, 0) is 70.9 Å².